The van der Waals surface area contributed by atoms with Crippen LogP contribution in [0.1, 0.15) is 49.4 Å². The van der Waals surface area contributed by atoms with E-state index in [0.29, 0.717) is 30.3 Å². The third-order valence-corrected chi connectivity index (χ3v) is 4.99. The molecule has 0 heterocycles. The van der Waals surface area contributed by atoms with Gasteiger partial charge in [0.25, 0.3) is 0 Å². The monoisotopic (exact) mass is 350 g/mol. The first-order valence-electron chi connectivity index (χ1n) is 9.18. The van der Waals surface area contributed by atoms with E-state index in [1.54, 1.807) is 12.2 Å². The van der Waals surface area contributed by atoms with Gasteiger partial charge in [-0.3, -0.25) is 0 Å². The largest absolute Gasteiger partial charge is 0.508 e. The molecule has 0 saturated carbocycles. The first-order chi connectivity index (χ1) is 12.3. The summed E-state index contributed by atoms with van der Waals surface area (Å²) in [4.78, 5) is 0. The minimum atomic E-state index is -0.303. The van der Waals surface area contributed by atoms with Crippen molar-refractivity contribution >= 4 is 0 Å². The molecule has 138 valence electrons. The van der Waals surface area contributed by atoms with Gasteiger partial charge in [-0.1, -0.05) is 57.2 Å². The van der Waals surface area contributed by atoms with Crippen LogP contribution in [0.25, 0.3) is 0 Å². The number of benzene rings is 2. The Morgan fingerprint density at radius 1 is 0.885 bits per heavy atom. The van der Waals surface area contributed by atoms with Crippen LogP contribution in [-0.4, -0.2) is 10.2 Å². The second-order valence-corrected chi connectivity index (χ2v) is 7.60. The zero-order valence-electron chi connectivity index (χ0n) is 16.1. The predicted octanol–water partition coefficient (Wildman–Crippen LogP) is 5.91. The summed E-state index contributed by atoms with van der Waals surface area (Å²) in [6, 6.07) is 11.8. The van der Waals surface area contributed by atoms with Gasteiger partial charge in [-0.05, 0) is 59.6 Å². The Morgan fingerprint density at radius 3 is 1.62 bits per heavy atom. The van der Waals surface area contributed by atoms with E-state index >= 15 is 0 Å². The molecule has 0 aliphatic rings. The lowest BCUT2D eigenvalue weighted by Crippen LogP contribution is -2.26. The second kappa shape index (κ2) is 8.27. The van der Waals surface area contributed by atoms with Crippen LogP contribution >= 0.6 is 0 Å². The fourth-order valence-corrected chi connectivity index (χ4v) is 3.69. The summed E-state index contributed by atoms with van der Waals surface area (Å²) < 4.78 is 0. The SMILES string of the molecule is C=CCc1ccc(C(C)(CC(C)C)c2ccc(CC=C)c(O)c2)cc1O. The van der Waals surface area contributed by atoms with E-state index in [0.717, 1.165) is 28.7 Å². The van der Waals surface area contributed by atoms with E-state index in [2.05, 4.69) is 46.1 Å². The minimum Gasteiger partial charge on any atom is -0.508 e. The highest BCUT2D eigenvalue weighted by Gasteiger charge is 2.31. The summed E-state index contributed by atoms with van der Waals surface area (Å²) in [5.74, 6) is 1.06. The first-order valence-corrected chi connectivity index (χ1v) is 9.18. The zero-order chi connectivity index (χ0) is 19.3. The smallest absolute Gasteiger partial charge is 0.119 e. The fourth-order valence-electron chi connectivity index (χ4n) is 3.69. The van der Waals surface area contributed by atoms with Crippen molar-refractivity contribution in [1.82, 2.24) is 0 Å². The molecule has 2 rings (SSSR count). The molecule has 26 heavy (non-hydrogen) atoms. The Hall–Kier alpha value is -2.48. The molecule has 0 amide bonds. The molecular weight excluding hydrogens is 320 g/mol. The van der Waals surface area contributed by atoms with Crippen molar-refractivity contribution in [2.45, 2.75) is 45.4 Å². The summed E-state index contributed by atoms with van der Waals surface area (Å²) in [5, 5.41) is 20.9. The van der Waals surface area contributed by atoms with Crippen LogP contribution in [0.2, 0.25) is 0 Å². The molecule has 0 bridgehead atoms. The summed E-state index contributed by atoms with van der Waals surface area (Å²) in [6.07, 6.45) is 5.78. The molecule has 0 spiro atoms. The Labute approximate surface area is 157 Å². The highest BCUT2D eigenvalue weighted by atomic mass is 16.3. The van der Waals surface area contributed by atoms with E-state index < -0.39 is 0 Å². The Morgan fingerprint density at radius 2 is 1.31 bits per heavy atom. The number of rotatable bonds is 8. The van der Waals surface area contributed by atoms with Crippen molar-refractivity contribution in [3.05, 3.63) is 84.0 Å². The standard InChI is InChI=1S/C24H30O2/c1-6-8-18-10-12-20(14-22(18)25)24(5,16-17(3)4)21-13-11-19(9-7-2)23(26)15-21/h6-7,10-15,17,25-26H,1-2,8-9,16H2,3-5H3. The van der Waals surface area contributed by atoms with Gasteiger partial charge in [-0.15, -0.1) is 13.2 Å². The molecule has 0 fully saturated rings. The maximum Gasteiger partial charge on any atom is 0.119 e. The quantitative estimate of drug-likeness (QED) is 0.581. The van der Waals surface area contributed by atoms with Crippen LogP contribution in [0.4, 0.5) is 0 Å². The lowest BCUT2D eigenvalue weighted by molar-refractivity contribution is 0.417. The van der Waals surface area contributed by atoms with Crippen molar-refractivity contribution in [2.24, 2.45) is 5.92 Å². The highest BCUT2D eigenvalue weighted by Crippen LogP contribution is 2.41. The van der Waals surface area contributed by atoms with Gasteiger partial charge in [0.15, 0.2) is 0 Å². The van der Waals surface area contributed by atoms with E-state index in [4.69, 9.17) is 0 Å². The van der Waals surface area contributed by atoms with Crippen LogP contribution in [0.15, 0.2) is 61.7 Å². The molecule has 2 aromatic carbocycles. The molecule has 0 aliphatic heterocycles. The lowest BCUT2D eigenvalue weighted by Gasteiger charge is -2.33. The normalized spacial score (nSPS) is 11.5. The van der Waals surface area contributed by atoms with Gasteiger partial charge in [0.05, 0.1) is 0 Å². The number of hydrogen-bond acceptors (Lipinski definition) is 2. The molecule has 2 heteroatoms. The molecule has 2 aromatic rings. The van der Waals surface area contributed by atoms with Crippen LogP contribution in [0.5, 0.6) is 11.5 Å². The van der Waals surface area contributed by atoms with Crippen LogP contribution < -0.4 is 0 Å². The van der Waals surface area contributed by atoms with E-state index in [1.165, 1.54) is 0 Å². The molecule has 0 atom stereocenters. The van der Waals surface area contributed by atoms with E-state index in [1.807, 2.05) is 24.3 Å². The molecule has 0 aliphatic carbocycles. The van der Waals surface area contributed by atoms with Crippen LogP contribution in [0.3, 0.4) is 0 Å². The molecule has 0 unspecified atom stereocenters. The van der Waals surface area contributed by atoms with Crippen LogP contribution in [0, 0.1) is 5.92 Å². The van der Waals surface area contributed by atoms with Gasteiger partial charge < -0.3 is 10.2 Å². The van der Waals surface area contributed by atoms with Gasteiger partial charge in [0, 0.05) is 5.41 Å². The van der Waals surface area contributed by atoms with Crippen molar-refractivity contribution in [1.29, 1.82) is 0 Å². The third-order valence-electron chi connectivity index (χ3n) is 4.99. The Balaban J connectivity index is 2.55. The lowest BCUT2D eigenvalue weighted by atomic mass is 9.70. The topological polar surface area (TPSA) is 40.5 Å². The predicted molar refractivity (Wildman–Crippen MR) is 110 cm³/mol. The maximum absolute atomic E-state index is 10.4. The average Bonchev–Trinajstić information content (AvgIpc) is 2.58. The second-order valence-electron chi connectivity index (χ2n) is 7.60. The van der Waals surface area contributed by atoms with Crippen molar-refractivity contribution in [3.63, 3.8) is 0 Å². The summed E-state index contributed by atoms with van der Waals surface area (Å²) in [7, 11) is 0. The number of allylic oxidation sites excluding steroid dienone is 2. The van der Waals surface area contributed by atoms with Gasteiger partial charge in [0.2, 0.25) is 0 Å². The zero-order valence-corrected chi connectivity index (χ0v) is 16.1. The molecular formula is C24H30O2. The maximum atomic E-state index is 10.4. The highest BCUT2D eigenvalue weighted by molar-refractivity contribution is 5.48. The van der Waals surface area contributed by atoms with Gasteiger partial charge in [0.1, 0.15) is 11.5 Å². The van der Waals surface area contributed by atoms with E-state index in [9.17, 15) is 10.2 Å². The molecule has 0 aromatic heterocycles. The fraction of sp³-hybridized carbons (Fsp3) is 0.333. The molecule has 2 N–H and O–H groups in total. The van der Waals surface area contributed by atoms with Crippen molar-refractivity contribution < 1.29 is 10.2 Å². The average molecular weight is 351 g/mol. The number of hydrogen-bond donors (Lipinski definition) is 2. The summed E-state index contributed by atoms with van der Waals surface area (Å²) in [6.45, 7) is 14.0. The molecule has 0 radical (unpaired) electrons. The van der Waals surface area contributed by atoms with Gasteiger partial charge in [-0.25, -0.2) is 0 Å². The van der Waals surface area contributed by atoms with Crippen molar-refractivity contribution in [3.8, 4) is 11.5 Å². The Kier molecular flexibility index (Phi) is 6.31. The number of phenolic OH excluding ortho intramolecular Hbond substituents is 2. The van der Waals surface area contributed by atoms with E-state index in [-0.39, 0.29) is 5.41 Å². The summed E-state index contributed by atoms with van der Waals surface area (Å²) >= 11 is 0. The molecule has 2 nitrogen and oxygen atoms in total. The minimum absolute atomic E-state index is 0.296. The summed E-state index contributed by atoms with van der Waals surface area (Å²) in [5.41, 5.74) is 3.54. The number of phenols is 2. The van der Waals surface area contributed by atoms with Crippen LogP contribution in [-0.2, 0) is 18.3 Å². The molecule has 0 saturated heterocycles. The van der Waals surface area contributed by atoms with Gasteiger partial charge in [-0.2, -0.15) is 0 Å². The Bertz CT molecular complexity index is 727. The van der Waals surface area contributed by atoms with Gasteiger partial charge >= 0.3 is 0 Å². The van der Waals surface area contributed by atoms with Crippen molar-refractivity contribution in [2.75, 3.05) is 0 Å². The number of aromatic hydroxyl groups is 2. The first kappa shape index (κ1) is 19.8. The third kappa shape index (κ3) is 4.19.